The average molecular weight is 2010 g/mol. The molecule has 9 aliphatic rings. The van der Waals surface area contributed by atoms with Gasteiger partial charge in [0.05, 0.1) is 52.7 Å². The number of carbonyl (C=O) groups excluding carboxylic acids is 9. The number of alkyl carbamates (subject to hydrolysis) is 3. The summed E-state index contributed by atoms with van der Waals surface area (Å²) >= 11 is 0. The van der Waals surface area contributed by atoms with Crippen LogP contribution in [0.25, 0.3) is 33.1 Å². The fraction of sp³-hybridized carbons (Fsp3) is 0.645. The van der Waals surface area contributed by atoms with Gasteiger partial charge in [0.25, 0.3) is 0 Å². The Morgan fingerprint density at radius 1 is 0.385 bits per heavy atom. The third-order valence-electron chi connectivity index (χ3n) is 26.3. The van der Waals surface area contributed by atoms with Crippen molar-refractivity contribution in [3.8, 4) is 34.9 Å². The van der Waals surface area contributed by atoms with Crippen LogP contribution in [0.4, 0.5) is 53.9 Å². The van der Waals surface area contributed by atoms with E-state index in [0.29, 0.717) is 52.9 Å². The van der Waals surface area contributed by atoms with E-state index >= 15 is 0 Å². The van der Waals surface area contributed by atoms with Gasteiger partial charge in [-0.15, -0.1) is 39.5 Å². The first-order valence-electron chi connectivity index (χ1n) is 45.2. The SMILES string of the molecule is C[C@@H]1[C@@H]2CN(C(=O)[C@H](C(C)(C)C)NC(=O)O[C@@H]3CCC[C@H]3CCCCCc3nc4ccc(OC(F)(F)F)cc4nc3O2)[C@@H]1[C-]=O.C[C@@H]1[C@@H]2CN(C(=O)[C@H](C(C)(C)C)NC(=O)O[C@@H]3C[C@H]3CCCCCc3nc4ccc(OC(F)(F)F)cc4nc3O2)[C@@H]1[C-]=O.C[C@@H]1[C@@H]2CN(C(=O)[C@H](C(C)(C)C)NC(=O)O[C@]3(C)C[C@H]3CCCCCc3nc4ccc(OC(F)(F)F)cc4nc3O2)[C@@H]1[C-]=O.[V].[V].[V]. The van der Waals surface area contributed by atoms with Gasteiger partial charge >= 0.3 is 37.4 Å². The van der Waals surface area contributed by atoms with E-state index in [-0.39, 0.29) is 139 Å². The molecule has 15 rings (SSSR count). The van der Waals surface area contributed by atoms with Gasteiger partial charge in [-0.3, -0.25) is 14.4 Å². The number of halogens is 9. The number of alkyl halides is 9. The molecule has 0 unspecified atom stereocenters. The standard InChI is InChI=1S/C32H40F3N4O6.C31H38F3N4O6.C30H36F3N4O6.3V/c1-18-24(17-40)39-16-26(18)43-28-22(36-21-14-13-20(15-23(21)37-28)45-32(33,34)35)11-7-5-6-9-19-10-8-12-25(19)44-30(42)38-27(29(39)41)31(2,3)4;1-17-23(16-39)38-15-24(17)42-26-21(35-20-12-11-19(13-22(20)36-26)43-31(32,33)34)10-8-6-7-9-18-14-30(18,5)44-28(41)37-25(27(38)40)29(2,3)4;1-16-22(15-38)37-14-24(16)41-26-20(34-19-11-10-18(13-21(19)35-26)43-30(31,32)33)9-7-5-6-8-17-12-23(17)42-28(40)36-25(27(37)39)29(2,3)4;;;/h13-15,18-19,24-27H,5-12,16H2,1-4H3,(H,38,42);11-13,17-18,23-25H,6-10,14-15H2,1-5H3,(H,37,41);10-11,13,16-17,22-25H,5-9,12,14H2,1-4H3,(H,36,40);;;/q3*-1;;;/t18-,19+,24+,25+,26-,27+;17-,18+,23+,24-,25+,30+;16-,17+,22+,23+,24-,25+;;;/m000.../s1. The van der Waals surface area contributed by atoms with Crippen molar-refractivity contribution in [3.63, 3.8) is 0 Å². The van der Waals surface area contributed by atoms with Gasteiger partial charge in [-0.25, -0.2) is 63.1 Å². The number of aryl methyl sites for hydroxylation is 3. The first-order chi connectivity index (χ1) is 62.0. The minimum absolute atomic E-state index is 0. The van der Waals surface area contributed by atoms with Crippen molar-refractivity contribution in [3.05, 3.63) is 71.7 Å². The number of aromatic nitrogens is 6. The Labute approximate surface area is 812 Å². The van der Waals surface area contributed by atoms with Gasteiger partial charge in [0.15, 0.2) is 0 Å². The van der Waals surface area contributed by atoms with Crippen LogP contribution in [-0.2, 0) is 118 Å². The molecule has 735 valence electrons. The zero-order chi connectivity index (χ0) is 95.6. The van der Waals surface area contributed by atoms with Gasteiger partial charge in [0.1, 0.15) is 88.6 Å². The van der Waals surface area contributed by atoms with E-state index in [1.165, 1.54) is 51.1 Å². The molecule has 3 aromatic carbocycles. The molecule has 6 amide bonds. The molecule has 6 fully saturated rings. The average Bonchev–Trinajstić information content (AvgIpc) is 1.62. The Bertz CT molecular complexity index is 5250. The Kier molecular flexibility index (Phi) is 35.1. The van der Waals surface area contributed by atoms with Crippen LogP contribution in [0.3, 0.4) is 0 Å². The molecule has 42 heteroatoms. The monoisotopic (exact) mass is 2010 g/mol. The summed E-state index contributed by atoms with van der Waals surface area (Å²) in [6.07, 6.45) is 2.69. The molecule has 6 aromatic rings. The maximum absolute atomic E-state index is 14.0. The van der Waals surface area contributed by atoms with Gasteiger partial charge in [-0.05, 0) is 179 Å². The van der Waals surface area contributed by atoms with Gasteiger partial charge in [-0.1, -0.05) is 140 Å². The van der Waals surface area contributed by atoms with Crippen LogP contribution < -0.4 is 44.4 Å². The Morgan fingerprint density at radius 3 is 1.04 bits per heavy atom. The van der Waals surface area contributed by atoms with Gasteiger partial charge in [0.2, 0.25) is 35.4 Å². The summed E-state index contributed by atoms with van der Waals surface area (Å²) in [5, 5.41) is 8.27. The number of nitrogens with one attached hydrogen (secondary N) is 3. The normalized spacial score (nSPS) is 28.6. The van der Waals surface area contributed by atoms with E-state index in [2.05, 4.69) is 55.1 Å². The van der Waals surface area contributed by atoms with E-state index in [0.717, 1.165) is 127 Å². The third-order valence-corrected chi connectivity index (χ3v) is 26.3. The molecule has 6 aliphatic heterocycles. The number of fused-ring (bicyclic) bond motifs is 15. The Balaban J connectivity index is 0.000000207. The number of amides is 6. The summed E-state index contributed by atoms with van der Waals surface area (Å²) in [7, 11) is 0. The Morgan fingerprint density at radius 2 is 0.704 bits per heavy atom. The predicted octanol–water partition coefficient (Wildman–Crippen LogP) is 15.8. The maximum Gasteiger partial charge on any atom is 0.573 e. The smallest absolute Gasteiger partial charge is 0.540 e. The summed E-state index contributed by atoms with van der Waals surface area (Å²) in [6.45, 7) is 23.5. The topological polar surface area (TPSA) is 360 Å². The zero-order valence-corrected chi connectivity index (χ0v) is 81.6. The quantitative estimate of drug-likeness (QED) is 0.0792. The van der Waals surface area contributed by atoms with Gasteiger partial charge in [0, 0.05) is 79.8 Å². The van der Waals surface area contributed by atoms with Crippen LogP contribution in [0.1, 0.15) is 216 Å². The second kappa shape index (κ2) is 43.9. The summed E-state index contributed by atoms with van der Waals surface area (Å²) in [5.74, 6) is -3.17. The molecular formula is C93H114F9N12O18V3-3. The third kappa shape index (κ3) is 27.3. The number of nitrogens with zero attached hydrogens (tertiary/aromatic N) is 9. The van der Waals surface area contributed by atoms with Crippen molar-refractivity contribution in [2.45, 2.75) is 310 Å². The van der Waals surface area contributed by atoms with Crippen LogP contribution in [0, 0.1) is 51.8 Å². The minimum Gasteiger partial charge on any atom is -0.540 e. The van der Waals surface area contributed by atoms with E-state index < -0.39 is 166 Å². The number of rotatable bonds is 6. The van der Waals surface area contributed by atoms with Crippen LogP contribution in [0.5, 0.6) is 34.9 Å². The zero-order valence-electron chi connectivity index (χ0n) is 77.4. The van der Waals surface area contributed by atoms with Crippen LogP contribution in [0.2, 0.25) is 0 Å². The van der Waals surface area contributed by atoms with Crippen molar-refractivity contribution >= 4 is 88.0 Å². The molecule has 3 saturated heterocycles. The molecule has 18 atom stereocenters. The molecule has 3 radical (unpaired) electrons. The molecule has 135 heavy (non-hydrogen) atoms. The summed E-state index contributed by atoms with van der Waals surface area (Å²) < 4.78 is 164. The summed E-state index contributed by atoms with van der Waals surface area (Å²) in [4.78, 5) is 149. The number of carbonyl (C=O) groups is 6. The van der Waals surface area contributed by atoms with Crippen molar-refractivity contribution in [2.75, 3.05) is 19.6 Å². The first-order valence-corrected chi connectivity index (χ1v) is 45.2. The Hall–Kier alpha value is -9.17. The second-order valence-corrected chi connectivity index (χ2v) is 39.5. The summed E-state index contributed by atoms with van der Waals surface area (Å²) in [5.41, 5.74) is 0.470. The first kappa shape index (κ1) is 108. The van der Waals surface area contributed by atoms with Crippen molar-refractivity contribution in [2.24, 2.45) is 51.8 Å². The van der Waals surface area contributed by atoms with Crippen LogP contribution in [-0.4, -0.2) is 211 Å². The number of hydrogen-bond donors (Lipinski definition) is 3. The molecule has 0 spiro atoms. The molecule has 3 aromatic heterocycles. The molecule has 3 aliphatic carbocycles. The molecule has 6 bridgehead atoms. The van der Waals surface area contributed by atoms with E-state index in [1.807, 2.05) is 88.1 Å². The largest absolute Gasteiger partial charge is 0.573 e. The maximum atomic E-state index is 14.0. The van der Waals surface area contributed by atoms with E-state index in [9.17, 15) is 82.7 Å². The van der Waals surface area contributed by atoms with Crippen LogP contribution in [0.15, 0.2) is 54.6 Å². The summed E-state index contributed by atoms with van der Waals surface area (Å²) in [6, 6.07) is 5.39. The van der Waals surface area contributed by atoms with Crippen molar-refractivity contribution < 1.29 is 181 Å². The fourth-order valence-electron chi connectivity index (χ4n) is 18.6. The van der Waals surface area contributed by atoms with Crippen LogP contribution >= 0.6 is 0 Å². The second-order valence-electron chi connectivity index (χ2n) is 39.5. The molecule has 3 saturated carbocycles. The predicted molar refractivity (Wildman–Crippen MR) is 458 cm³/mol. The fourth-order valence-corrected chi connectivity index (χ4v) is 18.6. The van der Waals surface area contributed by atoms with Crippen molar-refractivity contribution in [1.29, 1.82) is 0 Å². The molecule has 9 heterocycles. The van der Waals surface area contributed by atoms with Crippen molar-refractivity contribution in [1.82, 2.24) is 60.6 Å². The van der Waals surface area contributed by atoms with Gasteiger partial charge < -0.3 is 87.7 Å². The van der Waals surface area contributed by atoms with E-state index in [4.69, 9.17) is 33.4 Å². The van der Waals surface area contributed by atoms with Gasteiger partial charge in [-0.2, -0.15) is 0 Å². The number of hydrogen-bond acceptors (Lipinski definition) is 24. The van der Waals surface area contributed by atoms with E-state index in [1.54, 1.807) is 20.8 Å². The molecule has 30 nitrogen and oxygen atoms in total. The number of benzene rings is 3. The molecule has 3 N–H and O–H groups in total. The minimum atomic E-state index is -4.87. The number of ether oxygens (including phenoxy) is 9. The molecular weight excluding hydrogens is 1900 g/mol.